The Morgan fingerprint density at radius 2 is 1.90 bits per heavy atom. The van der Waals surface area contributed by atoms with Crippen molar-refractivity contribution in [2.75, 3.05) is 13.1 Å². The van der Waals surface area contributed by atoms with Crippen molar-refractivity contribution in [2.45, 2.75) is 19.8 Å². The molecular formula is C7H13F2N. The van der Waals surface area contributed by atoms with Crippen molar-refractivity contribution < 1.29 is 8.78 Å². The molecule has 1 aliphatic rings. The Kier molecular flexibility index (Phi) is 1.95. The van der Waals surface area contributed by atoms with Crippen LogP contribution in [0.3, 0.4) is 0 Å². The van der Waals surface area contributed by atoms with Crippen LogP contribution in [-0.2, 0) is 0 Å². The third-order valence-electron chi connectivity index (χ3n) is 2.10. The van der Waals surface area contributed by atoms with Crippen molar-refractivity contribution in [3.8, 4) is 0 Å². The van der Waals surface area contributed by atoms with Crippen LogP contribution in [0.1, 0.15) is 13.8 Å². The predicted octanol–water partition coefficient (Wildman–Crippen LogP) is 1.50. The van der Waals surface area contributed by atoms with Crippen LogP contribution in [0.15, 0.2) is 0 Å². The standard InChI is InChI=1S/C7H13F2N/c1-5(2)7(8,9)6-3-10-4-6/h5-6,10H,3-4H2,1-2H3. The fourth-order valence-electron chi connectivity index (χ4n) is 1.03. The summed E-state index contributed by atoms with van der Waals surface area (Å²) in [6.45, 7) is 4.09. The zero-order valence-electron chi connectivity index (χ0n) is 6.32. The topological polar surface area (TPSA) is 12.0 Å². The Morgan fingerprint density at radius 3 is 2.00 bits per heavy atom. The zero-order valence-corrected chi connectivity index (χ0v) is 6.32. The third-order valence-corrected chi connectivity index (χ3v) is 2.10. The second kappa shape index (κ2) is 2.46. The van der Waals surface area contributed by atoms with Crippen LogP contribution in [0.2, 0.25) is 0 Å². The summed E-state index contributed by atoms with van der Waals surface area (Å²) in [5.74, 6) is -3.42. The van der Waals surface area contributed by atoms with Gasteiger partial charge in [0.05, 0.1) is 0 Å². The maximum Gasteiger partial charge on any atom is 0.255 e. The molecule has 1 aliphatic heterocycles. The Balaban J connectivity index is 2.48. The first-order chi connectivity index (χ1) is 4.55. The Bertz CT molecular complexity index is 119. The van der Waals surface area contributed by atoms with Gasteiger partial charge in [0.15, 0.2) is 0 Å². The van der Waals surface area contributed by atoms with Crippen LogP contribution in [0, 0.1) is 11.8 Å². The fraction of sp³-hybridized carbons (Fsp3) is 1.00. The molecule has 60 valence electrons. The van der Waals surface area contributed by atoms with Crippen molar-refractivity contribution in [1.82, 2.24) is 5.32 Å². The Labute approximate surface area is 59.8 Å². The molecule has 1 rings (SSSR count). The molecule has 0 spiro atoms. The van der Waals surface area contributed by atoms with Gasteiger partial charge in [-0.3, -0.25) is 0 Å². The first-order valence-electron chi connectivity index (χ1n) is 3.63. The molecule has 0 aromatic rings. The highest BCUT2D eigenvalue weighted by molar-refractivity contribution is 4.88. The van der Waals surface area contributed by atoms with Gasteiger partial charge in [-0.05, 0) is 0 Å². The molecule has 1 N–H and O–H groups in total. The number of halogens is 2. The van der Waals surface area contributed by atoms with E-state index in [1.807, 2.05) is 0 Å². The Hall–Kier alpha value is -0.180. The lowest BCUT2D eigenvalue weighted by molar-refractivity contribution is -0.113. The minimum absolute atomic E-state index is 0.424. The van der Waals surface area contributed by atoms with Crippen LogP contribution < -0.4 is 5.32 Å². The molecule has 1 fully saturated rings. The molecule has 0 aromatic heterocycles. The number of hydrogen-bond acceptors (Lipinski definition) is 1. The summed E-state index contributed by atoms with van der Waals surface area (Å²) < 4.78 is 25.9. The number of rotatable bonds is 2. The van der Waals surface area contributed by atoms with E-state index in [1.54, 1.807) is 13.8 Å². The van der Waals surface area contributed by atoms with Crippen LogP contribution >= 0.6 is 0 Å². The van der Waals surface area contributed by atoms with Gasteiger partial charge in [0, 0.05) is 24.9 Å². The molecular weight excluding hydrogens is 136 g/mol. The molecule has 0 amide bonds. The van der Waals surface area contributed by atoms with E-state index in [0.29, 0.717) is 13.1 Å². The van der Waals surface area contributed by atoms with Crippen LogP contribution in [0.4, 0.5) is 8.78 Å². The van der Waals surface area contributed by atoms with Gasteiger partial charge >= 0.3 is 0 Å². The minimum atomic E-state index is -2.47. The first kappa shape index (κ1) is 7.92. The molecule has 0 radical (unpaired) electrons. The van der Waals surface area contributed by atoms with Gasteiger partial charge in [0.25, 0.3) is 5.92 Å². The van der Waals surface area contributed by atoms with Crippen LogP contribution in [0.5, 0.6) is 0 Å². The molecule has 1 nitrogen and oxygen atoms in total. The number of hydrogen-bond donors (Lipinski definition) is 1. The van der Waals surface area contributed by atoms with Crippen LogP contribution in [0.25, 0.3) is 0 Å². The normalized spacial score (nSPS) is 21.3. The highest BCUT2D eigenvalue weighted by Crippen LogP contribution is 2.34. The summed E-state index contributed by atoms with van der Waals surface area (Å²) in [5.41, 5.74) is 0. The summed E-state index contributed by atoms with van der Waals surface area (Å²) in [7, 11) is 0. The first-order valence-corrected chi connectivity index (χ1v) is 3.63. The van der Waals surface area contributed by atoms with Gasteiger partial charge in [0.2, 0.25) is 0 Å². The summed E-state index contributed by atoms with van der Waals surface area (Å²) >= 11 is 0. The van der Waals surface area contributed by atoms with E-state index in [-0.39, 0.29) is 0 Å². The summed E-state index contributed by atoms with van der Waals surface area (Å²) in [6, 6.07) is 0. The van der Waals surface area contributed by atoms with Gasteiger partial charge in [-0.1, -0.05) is 13.8 Å². The molecule has 3 heteroatoms. The highest BCUT2D eigenvalue weighted by Gasteiger charge is 2.45. The molecule has 0 bridgehead atoms. The minimum Gasteiger partial charge on any atom is -0.316 e. The van der Waals surface area contributed by atoms with Crippen molar-refractivity contribution in [2.24, 2.45) is 11.8 Å². The number of nitrogens with one attached hydrogen (secondary N) is 1. The molecule has 0 aromatic carbocycles. The lowest BCUT2D eigenvalue weighted by Gasteiger charge is -2.36. The van der Waals surface area contributed by atoms with Crippen LogP contribution in [-0.4, -0.2) is 19.0 Å². The molecule has 0 unspecified atom stereocenters. The van der Waals surface area contributed by atoms with Gasteiger partial charge in [0.1, 0.15) is 0 Å². The summed E-state index contributed by atoms with van der Waals surface area (Å²) in [5, 5.41) is 2.84. The van der Waals surface area contributed by atoms with E-state index in [2.05, 4.69) is 5.32 Å². The van der Waals surface area contributed by atoms with Gasteiger partial charge in [-0.15, -0.1) is 0 Å². The average Bonchev–Trinajstić information content (AvgIpc) is 1.57. The average molecular weight is 149 g/mol. The van der Waals surface area contributed by atoms with Crippen molar-refractivity contribution in [3.05, 3.63) is 0 Å². The Morgan fingerprint density at radius 1 is 1.40 bits per heavy atom. The van der Waals surface area contributed by atoms with E-state index in [4.69, 9.17) is 0 Å². The predicted molar refractivity (Wildman–Crippen MR) is 36.1 cm³/mol. The SMILES string of the molecule is CC(C)C(F)(F)C1CNC1. The summed E-state index contributed by atoms with van der Waals surface area (Å²) in [6.07, 6.45) is 0. The van der Waals surface area contributed by atoms with Gasteiger partial charge < -0.3 is 5.32 Å². The lowest BCUT2D eigenvalue weighted by Crippen LogP contribution is -2.53. The lowest BCUT2D eigenvalue weighted by atomic mass is 9.88. The van der Waals surface area contributed by atoms with E-state index < -0.39 is 17.8 Å². The van der Waals surface area contributed by atoms with E-state index >= 15 is 0 Å². The largest absolute Gasteiger partial charge is 0.316 e. The zero-order chi connectivity index (χ0) is 7.78. The van der Waals surface area contributed by atoms with E-state index in [9.17, 15) is 8.78 Å². The third kappa shape index (κ3) is 1.15. The molecule has 0 aliphatic carbocycles. The molecule has 0 saturated carbocycles. The monoisotopic (exact) mass is 149 g/mol. The van der Waals surface area contributed by atoms with Gasteiger partial charge in [-0.25, -0.2) is 8.78 Å². The fourth-order valence-corrected chi connectivity index (χ4v) is 1.03. The van der Waals surface area contributed by atoms with Gasteiger partial charge in [-0.2, -0.15) is 0 Å². The van der Waals surface area contributed by atoms with E-state index in [0.717, 1.165) is 0 Å². The molecule has 1 saturated heterocycles. The number of alkyl halides is 2. The van der Waals surface area contributed by atoms with Crippen molar-refractivity contribution in [3.63, 3.8) is 0 Å². The maximum absolute atomic E-state index is 13.0. The highest BCUT2D eigenvalue weighted by atomic mass is 19.3. The summed E-state index contributed by atoms with van der Waals surface area (Å²) in [4.78, 5) is 0. The molecule has 1 heterocycles. The van der Waals surface area contributed by atoms with E-state index in [1.165, 1.54) is 0 Å². The second-order valence-electron chi connectivity index (χ2n) is 3.18. The second-order valence-corrected chi connectivity index (χ2v) is 3.18. The maximum atomic E-state index is 13.0. The quantitative estimate of drug-likeness (QED) is 0.627. The smallest absolute Gasteiger partial charge is 0.255 e. The van der Waals surface area contributed by atoms with Crippen molar-refractivity contribution >= 4 is 0 Å². The molecule has 10 heavy (non-hydrogen) atoms. The van der Waals surface area contributed by atoms with Crippen molar-refractivity contribution in [1.29, 1.82) is 0 Å². The molecule has 0 atom stereocenters.